The Kier molecular flexibility index (Phi) is 4.93. The summed E-state index contributed by atoms with van der Waals surface area (Å²) in [4.78, 5) is 10.0. The third-order valence-electron chi connectivity index (χ3n) is 5.34. The zero-order valence-corrected chi connectivity index (χ0v) is 17.8. The molecule has 1 aliphatic rings. The molecule has 1 aliphatic heterocycles. The summed E-state index contributed by atoms with van der Waals surface area (Å²) in [5.41, 5.74) is 4.11. The number of halogens is 2. The zero-order valence-electron chi connectivity index (χ0n) is 16.3. The number of rotatable bonds is 5. The third kappa shape index (κ3) is 3.66. The van der Waals surface area contributed by atoms with Gasteiger partial charge in [-0.2, -0.15) is 0 Å². The SMILES string of the molecule is Cc1c(N2CC(Oc3cccc(Cl)c3)C2)ccnc1Nc1cc(Cl)c2cc[nH]c2c1. The molecule has 0 bridgehead atoms. The summed E-state index contributed by atoms with van der Waals surface area (Å²) in [5, 5.41) is 5.80. The molecule has 2 N–H and O–H groups in total. The number of nitrogens with one attached hydrogen (secondary N) is 2. The van der Waals surface area contributed by atoms with Gasteiger partial charge in [-0.1, -0.05) is 29.3 Å². The van der Waals surface area contributed by atoms with E-state index in [0.717, 1.165) is 52.5 Å². The highest BCUT2D eigenvalue weighted by Gasteiger charge is 2.30. The van der Waals surface area contributed by atoms with Crippen molar-refractivity contribution < 1.29 is 4.74 Å². The second-order valence-corrected chi connectivity index (χ2v) is 8.27. The third-order valence-corrected chi connectivity index (χ3v) is 5.89. The smallest absolute Gasteiger partial charge is 0.135 e. The van der Waals surface area contributed by atoms with Gasteiger partial charge in [0.25, 0.3) is 0 Å². The Labute approximate surface area is 184 Å². The molecule has 0 saturated carbocycles. The average molecular weight is 439 g/mol. The summed E-state index contributed by atoms with van der Waals surface area (Å²) >= 11 is 12.4. The molecule has 0 radical (unpaired) electrons. The van der Waals surface area contributed by atoms with E-state index in [1.807, 2.05) is 60.9 Å². The summed E-state index contributed by atoms with van der Waals surface area (Å²) in [6.07, 6.45) is 3.85. The van der Waals surface area contributed by atoms with Gasteiger partial charge in [0, 0.05) is 45.3 Å². The van der Waals surface area contributed by atoms with E-state index in [0.29, 0.717) is 10.0 Å². The van der Waals surface area contributed by atoms with Gasteiger partial charge in [-0.15, -0.1) is 0 Å². The molecule has 3 heterocycles. The number of anilines is 3. The van der Waals surface area contributed by atoms with Crippen LogP contribution >= 0.6 is 23.2 Å². The van der Waals surface area contributed by atoms with Crippen LogP contribution in [-0.2, 0) is 0 Å². The molecule has 1 fully saturated rings. The number of fused-ring (bicyclic) bond motifs is 1. The van der Waals surface area contributed by atoms with Crippen molar-refractivity contribution in [1.29, 1.82) is 0 Å². The van der Waals surface area contributed by atoms with Crippen LogP contribution in [-0.4, -0.2) is 29.2 Å². The lowest BCUT2D eigenvalue weighted by Gasteiger charge is -2.41. The van der Waals surface area contributed by atoms with Crippen LogP contribution in [0.3, 0.4) is 0 Å². The molecule has 30 heavy (non-hydrogen) atoms. The van der Waals surface area contributed by atoms with Crippen LogP contribution in [0.25, 0.3) is 10.9 Å². The van der Waals surface area contributed by atoms with E-state index in [1.54, 1.807) is 0 Å². The number of pyridine rings is 1. The van der Waals surface area contributed by atoms with E-state index in [4.69, 9.17) is 27.9 Å². The monoisotopic (exact) mass is 438 g/mol. The summed E-state index contributed by atoms with van der Waals surface area (Å²) in [6, 6.07) is 15.5. The van der Waals surface area contributed by atoms with Gasteiger partial charge in [-0.05, 0) is 49.4 Å². The number of aromatic nitrogens is 2. The van der Waals surface area contributed by atoms with Crippen LogP contribution < -0.4 is 15.0 Å². The lowest BCUT2D eigenvalue weighted by Crippen LogP contribution is -2.54. The van der Waals surface area contributed by atoms with Crippen molar-refractivity contribution in [2.45, 2.75) is 13.0 Å². The Morgan fingerprint density at radius 3 is 2.83 bits per heavy atom. The van der Waals surface area contributed by atoms with Gasteiger partial charge < -0.3 is 19.9 Å². The van der Waals surface area contributed by atoms with E-state index in [1.165, 1.54) is 0 Å². The number of ether oxygens (including phenoxy) is 1. The van der Waals surface area contributed by atoms with Gasteiger partial charge in [0.1, 0.15) is 17.7 Å². The molecular weight excluding hydrogens is 419 g/mol. The largest absolute Gasteiger partial charge is 0.487 e. The number of aromatic amines is 1. The second-order valence-electron chi connectivity index (χ2n) is 7.43. The van der Waals surface area contributed by atoms with Gasteiger partial charge in [-0.25, -0.2) is 4.98 Å². The van der Waals surface area contributed by atoms with Crippen molar-refractivity contribution in [2.75, 3.05) is 23.3 Å². The summed E-state index contributed by atoms with van der Waals surface area (Å²) in [5.74, 6) is 1.62. The first kappa shape index (κ1) is 19.1. The van der Waals surface area contributed by atoms with Crippen LogP contribution in [0, 0.1) is 6.92 Å². The van der Waals surface area contributed by atoms with Crippen LogP contribution in [0.5, 0.6) is 5.75 Å². The van der Waals surface area contributed by atoms with Crippen molar-refractivity contribution in [3.05, 3.63) is 76.5 Å². The van der Waals surface area contributed by atoms with Gasteiger partial charge in [-0.3, -0.25) is 0 Å². The lowest BCUT2D eigenvalue weighted by molar-refractivity contribution is 0.167. The molecule has 2 aromatic heterocycles. The number of nitrogens with zero attached hydrogens (tertiary/aromatic N) is 2. The Morgan fingerprint density at radius 1 is 1.13 bits per heavy atom. The van der Waals surface area contributed by atoms with Gasteiger partial charge in [0.15, 0.2) is 0 Å². The molecule has 0 aliphatic carbocycles. The van der Waals surface area contributed by atoms with E-state index < -0.39 is 0 Å². The highest BCUT2D eigenvalue weighted by molar-refractivity contribution is 6.35. The highest BCUT2D eigenvalue weighted by atomic mass is 35.5. The molecule has 5 rings (SSSR count). The molecular formula is C23H20Cl2N4O. The number of benzene rings is 2. The van der Waals surface area contributed by atoms with Gasteiger partial charge in [0.05, 0.1) is 18.1 Å². The quantitative estimate of drug-likeness (QED) is 0.389. The first-order valence-electron chi connectivity index (χ1n) is 9.73. The predicted molar refractivity (Wildman–Crippen MR) is 124 cm³/mol. The number of hydrogen-bond donors (Lipinski definition) is 2. The van der Waals surface area contributed by atoms with E-state index in [9.17, 15) is 0 Å². The Morgan fingerprint density at radius 2 is 2.00 bits per heavy atom. The standard InChI is InChI=1S/C23H20Cl2N4O/c1-14-22(29-12-18(13-29)30-17-4-2-3-15(24)9-17)6-8-27-23(14)28-16-10-20(25)19-5-7-26-21(19)11-16/h2-11,18,26H,12-13H2,1H3,(H,27,28). The summed E-state index contributed by atoms with van der Waals surface area (Å²) < 4.78 is 6.02. The molecule has 0 unspecified atom stereocenters. The van der Waals surface area contributed by atoms with Crippen LogP contribution in [0.1, 0.15) is 5.56 Å². The number of hydrogen-bond acceptors (Lipinski definition) is 4. The first-order valence-corrected chi connectivity index (χ1v) is 10.5. The normalized spacial score (nSPS) is 14.0. The van der Waals surface area contributed by atoms with E-state index in [2.05, 4.69) is 27.1 Å². The average Bonchev–Trinajstić information content (AvgIpc) is 3.16. The predicted octanol–water partition coefficient (Wildman–Crippen LogP) is 6.19. The minimum atomic E-state index is 0.140. The molecule has 4 aromatic rings. The molecule has 0 atom stereocenters. The maximum absolute atomic E-state index is 6.40. The number of H-pyrrole nitrogens is 1. The fourth-order valence-electron chi connectivity index (χ4n) is 3.77. The molecule has 5 nitrogen and oxygen atoms in total. The maximum atomic E-state index is 6.40. The molecule has 1 saturated heterocycles. The zero-order chi connectivity index (χ0) is 20.7. The van der Waals surface area contributed by atoms with Crippen molar-refractivity contribution >= 4 is 51.3 Å². The fraction of sp³-hybridized carbons (Fsp3) is 0.174. The molecule has 152 valence electrons. The fourth-order valence-corrected chi connectivity index (χ4v) is 4.23. The lowest BCUT2D eigenvalue weighted by atomic mass is 10.1. The van der Waals surface area contributed by atoms with Crippen LogP contribution in [0.4, 0.5) is 17.2 Å². The maximum Gasteiger partial charge on any atom is 0.135 e. The molecule has 2 aromatic carbocycles. The summed E-state index contributed by atoms with van der Waals surface area (Å²) in [7, 11) is 0. The van der Waals surface area contributed by atoms with Crippen molar-refractivity contribution in [1.82, 2.24) is 9.97 Å². The Bertz CT molecular complexity index is 1220. The summed E-state index contributed by atoms with van der Waals surface area (Å²) in [6.45, 7) is 3.71. The molecule has 7 heteroatoms. The Hall–Kier alpha value is -2.89. The van der Waals surface area contributed by atoms with Crippen LogP contribution in [0.15, 0.2) is 60.9 Å². The minimum absolute atomic E-state index is 0.140. The van der Waals surface area contributed by atoms with Crippen LogP contribution in [0.2, 0.25) is 10.0 Å². The Balaban J connectivity index is 1.30. The molecule has 0 spiro atoms. The van der Waals surface area contributed by atoms with E-state index in [-0.39, 0.29) is 6.10 Å². The van der Waals surface area contributed by atoms with Gasteiger partial charge >= 0.3 is 0 Å². The van der Waals surface area contributed by atoms with E-state index >= 15 is 0 Å². The minimum Gasteiger partial charge on any atom is -0.487 e. The van der Waals surface area contributed by atoms with Gasteiger partial charge in [0.2, 0.25) is 0 Å². The first-order chi connectivity index (χ1) is 14.6. The van der Waals surface area contributed by atoms with Crippen molar-refractivity contribution in [3.8, 4) is 5.75 Å². The van der Waals surface area contributed by atoms with Crippen molar-refractivity contribution in [3.63, 3.8) is 0 Å². The van der Waals surface area contributed by atoms with Crippen molar-refractivity contribution in [2.24, 2.45) is 0 Å². The second kappa shape index (κ2) is 7.74. The highest BCUT2D eigenvalue weighted by Crippen LogP contribution is 2.33. The molecule has 0 amide bonds. The topological polar surface area (TPSA) is 53.2 Å².